The van der Waals surface area contributed by atoms with E-state index in [2.05, 4.69) is 15.6 Å². The number of carbonyl (C=O) groups is 1. The van der Waals surface area contributed by atoms with Crippen LogP contribution in [0, 0.1) is 0 Å². The number of aliphatic imine (C=N–C) groups is 1. The molecule has 1 atom stereocenters. The van der Waals surface area contributed by atoms with Crippen LogP contribution in [0.15, 0.2) is 4.99 Å². The first-order chi connectivity index (χ1) is 6.62. The van der Waals surface area contributed by atoms with Gasteiger partial charge in [-0.1, -0.05) is 0 Å². The summed E-state index contributed by atoms with van der Waals surface area (Å²) in [5, 5.41) is 6.02. The second kappa shape index (κ2) is 3.46. The number of rotatable bonds is 1. The van der Waals surface area contributed by atoms with Crippen molar-refractivity contribution >= 4 is 23.6 Å². The Balaban J connectivity index is 2.14. The van der Waals surface area contributed by atoms with Crippen LogP contribution in [0.1, 0.15) is 20.3 Å². The number of guanidine groups is 1. The van der Waals surface area contributed by atoms with Crippen LogP contribution in [0.3, 0.4) is 0 Å². The summed E-state index contributed by atoms with van der Waals surface area (Å²) in [4.78, 5) is 16.0. The van der Waals surface area contributed by atoms with Crippen molar-refractivity contribution in [2.45, 2.75) is 31.8 Å². The normalized spacial score (nSPS) is 34.2. The molecule has 2 rings (SSSR count). The van der Waals surface area contributed by atoms with Gasteiger partial charge in [0, 0.05) is 11.8 Å². The Kier molecular flexibility index (Phi) is 2.43. The number of nitrogens with zero attached hydrogens (tertiary/aromatic N) is 1. The molecule has 0 aromatic rings. The smallest absolute Gasteiger partial charge is 0.253 e. The molecule has 2 heterocycles. The van der Waals surface area contributed by atoms with Crippen molar-refractivity contribution in [3.8, 4) is 0 Å². The van der Waals surface area contributed by atoms with Gasteiger partial charge in [-0.15, -0.1) is 0 Å². The lowest BCUT2D eigenvalue weighted by atomic mass is 10.0. The van der Waals surface area contributed by atoms with Crippen molar-refractivity contribution < 1.29 is 4.79 Å². The summed E-state index contributed by atoms with van der Waals surface area (Å²) >= 11 is 1.82. The third-order valence-electron chi connectivity index (χ3n) is 2.43. The minimum Gasteiger partial charge on any atom is -0.341 e. The largest absolute Gasteiger partial charge is 0.341 e. The molecule has 1 unspecified atom stereocenters. The van der Waals surface area contributed by atoms with Crippen molar-refractivity contribution in [1.82, 2.24) is 10.6 Å². The number of carbonyl (C=O) groups excluding carboxylic acids is 1. The molecule has 2 N–H and O–H groups in total. The summed E-state index contributed by atoms with van der Waals surface area (Å²) in [7, 11) is 0. The van der Waals surface area contributed by atoms with Crippen LogP contribution in [0.2, 0.25) is 0 Å². The second-order valence-corrected chi connectivity index (χ2v) is 5.14. The standard InChI is InChI=1S/C9H15N3OS/c1-6(2)10-8-11-7(13)9(12-8)3-4-14-5-9/h6H,3-5H2,1-2H3,(H2,10,11,12,13). The summed E-state index contributed by atoms with van der Waals surface area (Å²) in [6, 6.07) is 0.210. The molecule has 1 amide bonds. The molecule has 78 valence electrons. The SMILES string of the molecule is CC(C)N=C1NC(=O)C2(CCSC2)N1. The monoisotopic (exact) mass is 213 g/mol. The molecule has 2 saturated heterocycles. The molecule has 1 spiro atoms. The Morgan fingerprint density at radius 1 is 1.57 bits per heavy atom. The molecule has 5 heteroatoms. The van der Waals surface area contributed by atoms with Crippen LogP contribution in [0.4, 0.5) is 0 Å². The predicted molar refractivity (Wildman–Crippen MR) is 58.5 cm³/mol. The lowest BCUT2D eigenvalue weighted by Crippen LogP contribution is -2.46. The first kappa shape index (κ1) is 9.83. The van der Waals surface area contributed by atoms with E-state index in [-0.39, 0.29) is 17.5 Å². The first-order valence-electron chi connectivity index (χ1n) is 4.88. The van der Waals surface area contributed by atoms with Gasteiger partial charge in [-0.25, -0.2) is 0 Å². The molecule has 14 heavy (non-hydrogen) atoms. The number of hydrogen-bond donors (Lipinski definition) is 2. The molecule has 2 aliphatic rings. The van der Waals surface area contributed by atoms with E-state index >= 15 is 0 Å². The minimum atomic E-state index is -0.363. The predicted octanol–water partition coefficient (Wildman–Crippen LogP) is 0.346. The Hall–Kier alpha value is -0.710. The molecule has 0 radical (unpaired) electrons. The van der Waals surface area contributed by atoms with Gasteiger partial charge in [-0.3, -0.25) is 15.1 Å². The van der Waals surface area contributed by atoms with Gasteiger partial charge in [-0.2, -0.15) is 11.8 Å². The van der Waals surface area contributed by atoms with Crippen molar-refractivity contribution in [3.05, 3.63) is 0 Å². The average molecular weight is 213 g/mol. The maximum atomic E-state index is 11.7. The van der Waals surface area contributed by atoms with E-state index in [0.717, 1.165) is 17.9 Å². The van der Waals surface area contributed by atoms with Gasteiger partial charge >= 0.3 is 0 Å². The van der Waals surface area contributed by atoms with Gasteiger partial charge < -0.3 is 5.32 Å². The zero-order valence-electron chi connectivity index (χ0n) is 8.46. The zero-order valence-corrected chi connectivity index (χ0v) is 9.28. The van der Waals surface area contributed by atoms with Crippen molar-refractivity contribution in [3.63, 3.8) is 0 Å². The van der Waals surface area contributed by atoms with E-state index in [1.165, 1.54) is 0 Å². The Labute approximate surface area is 87.9 Å². The molecule has 0 aromatic heterocycles. The van der Waals surface area contributed by atoms with Gasteiger partial charge in [0.1, 0.15) is 5.54 Å². The number of hydrogen-bond acceptors (Lipinski definition) is 3. The number of amides is 1. The molecule has 0 saturated carbocycles. The van der Waals surface area contributed by atoms with Crippen molar-refractivity contribution in [1.29, 1.82) is 0 Å². The van der Waals surface area contributed by atoms with E-state index in [4.69, 9.17) is 0 Å². The van der Waals surface area contributed by atoms with Crippen LogP contribution in [0.5, 0.6) is 0 Å². The van der Waals surface area contributed by atoms with E-state index in [9.17, 15) is 4.79 Å². The summed E-state index contributed by atoms with van der Waals surface area (Å²) in [5.74, 6) is 2.64. The molecular weight excluding hydrogens is 198 g/mol. The third kappa shape index (κ3) is 1.61. The topological polar surface area (TPSA) is 53.5 Å². The number of nitrogens with one attached hydrogen (secondary N) is 2. The van der Waals surface area contributed by atoms with E-state index in [1.54, 1.807) is 0 Å². The van der Waals surface area contributed by atoms with Crippen molar-refractivity contribution in [2.24, 2.45) is 4.99 Å². The highest BCUT2D eigenvalue weighted by Crippen LogP contribution is 2.30. The Morgan fingerprint density at radius 3 is 2.93 bits per heavy atom. The van der Waals surface area contributed by atoms with E-state index < -0.39 is 0 Å². The molecule has 0 aliphatic carbocycles. The molecule has 2 fully saturated rings. The highest BCUT2D eigenvalue weighted by Gasteiger charge is 2.47. The fourth-order valence-electron chi connectivity index (χ4n) is 1.71. The van der Waals surface area contributed by atoms with Gasteiger partial charge in [-0.05, 0) is 26.0 Å². The fourth-order valence-corrected chi connectivity index (χ4v) is 3.04. The first-order valence-corrected chi connectivity index (χ1v) is 6.03. The molecule has 0 bridgehead atoms. The molecule has 2 aliphatic heterocycles. The lowest BCUT2D eigenvalue weighted by Gasteiger charge is -2.17. The Morgan fingerprint density at radius 2 is 2.36 bits per heavy atom. The van der Waals surface area contributed by atoms with Gasteiger partial charge in [0.15, 0.2) is 5.96 Å². The van der Waals surface area contributed by atoms with Crippen LogP contribution < -0.4 is 10.6 Å². The maximum Gasteiger partial charge on any atom is 0.253 e. The summed E-state index contributed by atoms with van der Waals surface area (Å²) < 4.78 is 0. The maximum absolute atomic E-state index is 11.7. The highest BCUT2D eigenvalue weighted by molar-refractivity contribution is 7.99. The third-order valence-corrected chi connectivity index (χ3v) is 3.62. The lowest BCUT2D eigenvalue weighted by molar-refractivity contribution is -0.123. The van der Waals surface area contributed by atoms with Crippen LogP contribution >= 0.6 is 11.8 Å². The van der Waals surface area contributed by atoms with Crippen LogP contribution in [-0.4, -0.2) is 35.0 Å². The average Bonchev–Trinajstić information content (AvgIpc) is 2.62. The van der Waals surface area contributed by atoms with Gasteiger partial charge in [0.05, 0.1) is 0 Å². The summed E-state index contributed by atoms with van der Waals surface area (Å²) in [6.07, 6.45) is 0.903. The minimum absolute atomic E-state index is 0.0851. The summed E-state index contributed by atoms with van der Waals surface area (Å²) in [6.45, 7) is 3.99. The molecule has 4 nitrogen and oxygen atoms in total. The zero-order chi connectivity index (χ0) is 10.2. The molecule has 0 aromatic carbocycles. The van der Waals surface area contributed by atoms with Gasteiger partial charge in [0.25, 0.3) is 5.91 Å². The van der Waals surface area contributed by atoms with Crippen LogP contribution in [0.25, 0.3) is 0 Å². The van der Waals surface area contributed by atoms with Crippen LogP contribution in [-0.2, 0) is 4.79 Å². The fraction of sp³-hybridized carbons (Fsp3) is 0.778. The quantitative estimate of drug-likeness (QED) is 0.660. The number of thioether (sulfide) groups is 1. The Bertz CT molecular complexity index is 282. The van der Waals surface area contributed by atoms with E-state index in [0.29, 0.717) is 5.96 Å². The van der Waals surface area contributed by atoms with Crippen molar-refractivity contribution in [2.75, 3.05) is 11.5 Å². The molecular formula is C9H15N3OS. The second-order valence-electron chi connectivity index (χ2n) is 4.04. The van der Waals surface area contributed by atoms with E-state index in [1.807, 2.05) is 25.6 Å². The summed E-state index contributed by atoms with van der Waals surface area (Å²) in [5.41, 5.74) is -0.363. The highest BCUT2D eigenvalue weighted by atomic mass is 32.2. The van der Waals surface area contributed by atoms with Gasteiger partial charge in [0.2, 0.25) is 0 Å².